The Balaban J connectivity index is 1.98. The molecule has 1 aliphatic heterocycles. The van der Waals surface area contributed by atoms with Gasteiger partial charge in [0.15, 0.2) is 23.0 Å². The van der Waals surface area contributed by atoms with Crippen molar-refractivity contribution in [2.24, 2.45) is 0 Å². The molecular weight excluding hydrogens is 526 g/mol. The van der Waals surface area contributed by atoms with E-state index in [0.717, 1.165) is 5.56 Å². The predicted molar refractivity (Wildman–Crippen MR) is 147 cm³/mol. The Morgan fingerprint density at radius 3 is 2.08 bits per heavy atom. The Hall–Kier alpha value is -3.18. The van der Waals surface area contributed by atoms with Crippen LogP contribution in [0.15, 0.2) is 30.3 Å². The van der Waals surface area contributed by atoms with Gasteiger partial charge in [0, 0.05) is 24.1 Å². The topological polar surface area (TPSA) is 121 Å². The van der Waals surface area contributed by atoms with Gasteiger partial charge < -0.3 is 28.6 Å². The summed E-state index contributed by atoms with van der Waals surface area (Å²) in [5.41, 5.74) is 0.769. The summed E-state index contributed by atoms with van der Waals surface area (Å²) in [5.74, 6) is 1.90. The summed E-state index contributed by atoms with van der Waals surface area (Å²) in [7, 11) is -1.01. The van der Waals surface area contributed by atoms with Gasteiger partial charge in [0.2, 0.25) is 5.75 Å². The van der Waals surface area contributed by atoms with Crippen LogP contribution in [0, 0.1) is 0 Å². The van der Waals surface area contributed by atoms with Gasteiger partial charge >= 0.3 is 0 Å². The molecule has 0 saturated carbocycles. The number of hydrogen-bond acceptors (Lipinski definition) is 8. The monoisotopic (exact) mass is 565 g/mol. The summed E-state index contributed by atoms with van der Waals surface area (Å²) < 4.78 is 60.5. The molecule has 11 heteroatoms. The fourth-order valence-corrected chi connectivity index (χ4v) is 5.59. The maximum absolute atomic E-state index is 13.8. The van der Waals surface area contributed by atoms with Gasteiger partial charge in [-0.2, -0.15) is 8.42 Å². The van der Waals surface area contributed by atoms with Gasteiger partial charge in [0.05, 0.1) is 39.8 Å². The van der Waals surface area contributed by atoms with E-state index >= 15 is 0 Å². The van der Waals surface area contributed by atoms with Crippen LogP contribution >= 0.6 is 0 Å². The second kappa shape index (κ2) is 13.3. The SMILES string of the molecule is CCOc1cc(C(=O)N2CCC(CCCS(=O)(=O)O)(c3ccc(OC)c(OC)c3)C2)cc(OCC)c1OCC. The number of rotatable bonds is 14. The van der Waals surface area contributed by atoms with Crippen molar-refractivity contribution in [2.75, 3.05) is 52.9 Å². The second-order valence-corrected chi connectivity index (χ2v) is 10.9. The zero-order valence-electron chi connectivity index (χ0n) is 23.3. The number of carbonyl (C=O) groups excluding carboxylic acids is 1. The molecule has 0 spiro atoms. The van der Waals surface area contributed by atoms with E-state index in [0.29, 0.717) is 80.1 Å². The minimum atomic E-state index is -4.12. The lowest BCUT2D eigenvalue weighted by Gasteiger charge is -2.31. The third-order valence-corrected chi connectivity index (χ3v) is 7.66. The van der Waals surface area contributed by atoms with Gasteiger partial charge in [-0.3, -0.25) is 9.35 Å². The van der Waals surface area contributed by atoms with E-state index in [1.807, 2.05) is 32.9 Å². The van der Waals surface area contributed by atoms with Crippen molar-refractivity contribution < 1.29 is 41.4 Å². The summed E-state index contributed by atoms with van der Waals surface area (Å²) in [5, 5.41) is 0. The van der Waals surface area contributed by atoms with E-state index in [9.17, 15) is 17.8 Å². The van der Waals surface area contributed by atoms with Crippen LogP contribution in [-0.4, -0.2) is 76.7 Å². The third kappa shape index (κ3) is 7.27. The van der Waals surface area contributed by atoms with Crippen molar-refractivity contribution in [2.45, 2.75) is 45.4 Å². The third-order valence-electron chi connectivity index (χ3n) is 6.85. The number of methoxy groups -OCH3 is 2. The molecule has 1 fully saturated rings. The van der Waals surface area contributed by atoms with Crippen LogP contribution < -0.4 is 23.7 Å². The summed E-state index contributed by atoms with van der Waals surface area (Å²) in [6, 6.07) is 8.94. The quantitative estimate of drug-likeness (QED) is 0.333. The highest BCUT2D eigenvalue weighted by atomic mass is 32.2. The normalized spacial score (nSPS) is 17.1. The first-order chi connectivity index (χ1) is 18.6. The van der Waals surface area contributed by atoms with Gasteiger partial charge in [-0.15, -0.1) is 0 Å². The summed E-state index contributed by atoms with van der Waals surface area (Å²) in [6.07, 6.45) is 1.29. The van der Waals surface area contributed by atoms with E-state index in [4.69, 9.17) is 23.7 Å². The Kier molecular flexibility index (Phi) is 10.3. The molecule has 1 atom stereocenters. The highest BCUT2D eigenvalue weighted by Gasteiger charge is 2.42. The number of likely N-dealkylation sites (tertiary alicyclic amines) is 1. The lowest BCUT2D eigenvalue weighted by atomic mass is 9.76. The molecule has 10 nitrogen and oxygen atoms in total. The number of amides is 1. The van der Waals surface area contributed by atoms with Crippen LogP contribution in [0.5, 0.6) is 28.7 Å². The molecule has 1 amide bonds. The first-order valence-corrected chi connectivity index (χ1v) is 14.8. The highest BCUT2D eigenvalue weighted by Crippen LogP contribution is 2.44. The maximum Gasteiger partial charge on any atom is 0.264 e. The first kappa shape index (κ1) is 30.4. The largest absolute Gasteiger partial charge is 0.493 e. The number of carbonyl (C=O) groups is 1. The molecule has 0 aromatic heterocycles. The molecule has 1 saturated heterocycles. The van der Waals surface area contributed by atoms with E-state index in [2.05, 4.69) is 0 Å². The molecule has 1 N–H and O–H groups in total. The molecule has 2 aromatic rings. The fourth-order valence-electron chi connectivity index (χ4n) is 5.08. The van der Waals surface area contributed by atoms with Gasteiger partial charge in [0.1, 0.15) is 0 Å². The molecular formula is C28H39NO9S. The van der Waals surface area contributed by atoms with Crippen molar-refractivity contribution in [3.63, 3.8) is 0 Å². The zero-order chi connectivity index (χ0) is 28.6. The summed E-state index contributed by atoms with van der Waals surface area (Å²) in [6.45, 7) is 7.59. The predicted octanol–water partition coefficient (Wildman–Crippen LogP) is 4.35. The van der Waals surface area contributed by atoms with Gasteiger partial charge in [-0.05, 0) is 69.9 Å². The average Bonchev–Trinajstić information content (AvgIpc) is 3.34. The number of ether oxygens (including phenoxy) is 5. The Morgan fingerprint density at radius 2 is 1.54 bits per heavy atom. The van der Waals surface area contributed by atoms with Crippen LogP contribution in [-0.2, 0) is 15.5 Å². The average molecular weight is 566 g/mol. The van der Waals surface area contributed by atoms with E-state index in [1.54, 1.807) is 37.3 Å². The minimum absolute atomic E-state index is 0.197. The summed E-state index contributed by atoms with van der Waals surface area (Å²) in [4.78, 5) is 15.6. The van der Waals surface area contributed by atoms with E-state index in [1.165, 1.54) is 0 Å². The molecule has 1 heterocycles. The van der Waals surface area contributed by atoms with Crippen molar-refractivity contribution in [3.05, 3.63) is 41.5 Å². The number of nitrogens with zero attached hydrogens (tertiary/aromatic N) is 1. The van der Waals surface area contributed by atoms with Crippen LogP contribution in [0.4, 0.5) is 0 Å². The Bertz CT molecular complexity index is 1220. The Labute approximate surface area is 230 Å². The molecule has 0 radical (unpaired) electrons. The zero-order valence-corrected chi connectivity index (χ0v) is 24.1. The Morgan fingerprint density at radius 1 is 0.923 bits per heavy atom. The molecule has 2 aromatic carbocycles. The summed E-state index contributed by atoms with van der Waals surface area (Å²) >= 11 is 0. The highest BCUT2D eigenvalue weighted by molar-refractivity contribution is 7.85. The maximum atomic E-state index is 13.8. The lowest BCUT2D eigenvalue weighted by Crippen LogP contribution is -2.35. The number of benzene rings is 2. The van der Waals surface area contributed by atoms with Gasteiger partial charge in [-0.1, -0.05) is 6.07 Å². The molecule has 0 bridgehead atoms. The van der Waals surface area contributed by atoms with Crippen LogP contribution in [0.3, 0.4) is 0 Å². The molecule has 39 heavy (non-hydrogen) atoms. The molecule has 0 aliphatic carbocycles. The molecule has 1 aliphatic rings. The van der Waals surface area contributed by atoms with Crippen LogP contribution in [0.25, 0.3) is 0 Å². The van der Waals surface area contributed by atoms with Crippen LogP contribution in [0.2, 0.25) is 0 Å². The van der Waals surface area contributed by atoms with Crippen molar-refractivity contribution in [3.8, 4) is 28.7 Å². The van der Waals surface area contributed by atoms with Crippen molar-refractivity contribution in [1.82, 2.24) is 4.90 Å². The first-order valence-electron chi connectivity index (χ1n) is 13.1. The van der Waals surface area contributed by atoms with E-state index in [-0.39, 0.29) is 18.1 Å². The molecule has 1 unspecified atom stereocenters. The van der Waals surface area contributed by atoms with Crippen LogP contribution in [0.1, 0.15) is 56.0 Å². The fraction of sp³-hybridized carbons (Fsp3) is 0.536. The second-order valence-electron chi connectivity index (χ2n) is 9.32. The van der Waals surface area contributed by atoms with Crippen molar-refractivity contribution >= 4 is 16.0 Å². The van der Waals surface area contributed by atoms with Gasteiger partial charge in [-0.25, -0.2) is 0 Å². The minimum Gasteiger partial charge on any atom is -0.493 e. The van der Waals surface area contributed by atoms with Crippen molar-refractivity contribution in [1.29, 1.82) is 0 Å². The lowest BCUT2D eigenvalue weighted by molar-refractivity contribution is 0.0781. The number of hydrogen-bond donors (Lipinski definition) is 1. The van der Waals surface area contributed by atoms with Gasteiger partial charge in [0.25, 0.3) is 16.0 Å². The standard InChI is InChI=1S/C28H39NO9S/c1-6-36-24-16-20(17-25(37-7-2)26(24)38-8-3)27(30)29-14-13-28(19-29,12-9-15-39(31,32)33)21-10-11-22(34-4)23(18-21)35-5/h10-11,16-18H,6-9,12-15,19H2,1-5H3,(H,31,32,33). The molecule has 3 rings (SSSR count). The molecule has 216 valence electrons. The smallest absolute Gasteiger partial charge is 0.264 e. The van der Waals surface area contributed by atoms with E-state index < -0.39 is 15.5 Å².